The third-order valence-corrected chi connectivity index (χ3v) is 3.94. The van der Waals surface area contributed by atoms with Crippen LogP contribution in [0.15, 0.2) is 60.9 Å². The van der Waals surface area contributed by atoms with Crippen LogP contribution in [0.2, 0.25) is 0 Å². The third-order valence-electron chi connectivity index (χ3n) is 3.94. The molecule has 0 spiro atoms. The number of fused-ring (bicyclic) bond motifs is 1. The van der Waals surface area contributed by atoms with Gasteiger partial charge < -0.3 is 4.98 Å². The normalized spacial score (nSPS) is 13.5. The first-order valence-electron chi connectivity index (χ1n) is 7.28. The number of rotatable bonds is 3. The number of hydrogen-bond acceptors (Lipinski definition) is 3. The van der Waals surface area contributed by atoms with Gasteiger partial charge in [-0.2, -0.15) is 0 Å². The van der Waals surface area contributed by atoms with E-state index in [1.54, 1.807) is 36.7 Å². The van der Waals surface area contributed by atoms with E-state index in [4.69, 9.17) is 0 Å². The number of aromatic amines is 1. The van der Waals surface area contributed by atoms with Crippen LogP contribution in [0.3, 0.4) is 0 Å². The van der Waals surface area contributed by atoms with Gasteiger partial charge in [0.2, 0.25) is 0 Å². The summed E-state index contributed by atoms with van der Waals surface area (Å²) >= 11 is 0. The van der Waals surface area contributed by atoms with Crippen molar-refractivity contribution in [3.63, 3.8) is 0 Å². The maximum absolute atomic E-state index is 12.4. The molecule has 1 N–H and O–H groups in total. The Morgan fingerprint density at radius 2 is 1.57 bits per heavy atom. The van der Waals surface area contributed by atoms with E-state index < -0.39 is 0 Å². The van der Waals surface area contributed by atoms with Gasteiger partial charge in [-0.25, -0.2) is 4.98 Å². The van der Waals surface area contributed by atoms with Crippen molar-refractivity contribution in [3.05, 3.63) is 77.6 Å². The summed E-state index contributed by atoms with van der Waals surface area (Å²) in [5.41, 5.74) is 2.81. The van der Waals surface area contributed by atoms with E-state index in [2.05, 4.69) is 9.97 Å². The molecule has 4 rings (SSSR count). The van der Waals surface area contributed by atoms with Crippen LogP contribution >= 0.6 is 0 Å². The molecule has 1 aliphatic heterocycles. The molecule has 0 fully saturated rings. The zero-order valence-corrected chi connectivity index (χ0v) is 12.2. The first-order chi connectivity index (χ1) is 11.2. The lowest BCUT2D eigenvalue weighted by Crippen LogP contribution is -2.29. The van der Waals surface area contributed by atoms with Gasteiger partial charge in [0, 0.05) is 18.0 Å². The number of imidazole rings is 1. The van der Waals surface area contributed by atoms with Crippen molar-refractivity contribution in [1.82, 2.24) is 14.9 Å². The predicted molar refractivity (Wildman–Crippen MR) is 84.7 cm³/mol. The van der Waals surface area contributed by atoms with Gasteiger partial charge in [-0.05, 0) is 17.7 Å². The number of benzene rings is 2. The van der Waals surface area contributed by atoms with Crippen LogP contribution in [0.4, 0.5) is 0 Å². The van der Waals surface area contributed by atoms with Crippen LogP contribution in [-0.2, 0) is 6.54 Å². The molecule has 112 valence electrons. The average molecular weight is 303 g/mol. The Morgan fingerprint density at radius 1 is 0.913 bits per heavy atom. The molecule has 2 heterocycles. The number of carbonyl (C=O) groups excluding carboxylic acids is 2. The van der Waals surface area contributed by atoms with Crippen LogP contribution < -0.4 is 0 Å². The maximum atomic E-state index is 12.4. The van der Waals surface area contributed by atoms with Crippen molar-refractivity contribution in [3.8, 4) is 11.4 Å². The molecule has 3 aromatic rings. The summed E-state index contributed by atoms with van der Waals surface area (Å²) in [5, 5.41) is 0. The van der Waals surface area contributed by atoms with E-state index in [-0.39, 0.29) is 18.4 Å². The molecule has 5 heteroatoms. The number of nitrogens with zero attached hydrogens (tertiary/aromatic N) is 2. The van der Waals surface area contributed by atoms with E-state index >= 15 is 0 Å². The number of H-pyrrole nitrogens is 1. The van der Waals surface area contributed by atoms with Crippen molar-refractivity contribution in [2.24, 2.45) is 0 Å². The van der Waals surface area contributed by atoms with Crippen LogP contribution in [0.25, 0.3) is 11.4 Å². The lowest BCUT2D eigenvalue weighted by molar-refractivity contribution is 0.0642. The predicted octanol–water partition coefficient (Wildman–Crippen LogP) is 2.87. The van der Waals surface area contributed by atoms with E-state index in [0.29, 0.717) is 11.1 Å². The minimum atomic E-state index is -0.235. The van der Waals surface area contributed by atoms with Crippen LogP contribution in [0.1, 0.15) is 26.3 Å². The first-order valence-corrected chi connectivity index (χ1v) is 7.28. The standard InChI is InChI=1S/C18H13N3O2/c22-17-14-3-1-2-4-15(14)18(23)21(17)11-12-5-7-13(8-6-12)16-19-9-10-20-16/h1-10H,11H2,(H,19,20). The Hall–Kier alpha value is -3.21. The Balaban J connectivity index is 1.57. The second-order valence-electron chi connectivity index (χ2n) is 5.38. The summed E-state index contributed by atoms with van der Waals surface area (Å²) < 4.78 is 0. The van der Waals surface area contributed by atoms with Crippen LogP contribution in [0.5, 0.6) is 0 Å². The summed E-state index contributed by atoms with van der Waals surface area (Å²) in [4.78, 5) is 33.2. The molecule has 0 radical (unpaired) electrons. The van der Waals surface area contributed by atoms with Gasteiger partial charge in [-0.3, -0.25) is 14.5 Å². The zero-order valence-electron chi connectivity index (χ0n) is 12.2. The first kappa shape index (κ1) is 13.5. The number of imide groups is 1. The van der Waals surface area contributed by atoms with E-state index in [1.165, 1.54) is 4.90 Å². The Bertz CT molecular complexity index is 848. The highest BCUT2D eigenvalue weighted by molar-refractivity contribution is 6.21. The van der Waals surface area contributed by atoms with Gasteiger partial charge in [0.25, 0.3) is 11.8 Å². The number of aromatic nitrogens is 2. The molecule has 1 aromatic heterocycles. The minimum Gasteiger partial charge on any atom is -0.345 e. The molecule has 2 amide bonds. The molecule has 0 unspecified atom stereocenters. The SMILES string of the molecule is O=C1c2ccccc2C(=O)N1Cc1ccc(-c2ncc[nH]2)cc1. The fraction of sp³-hybridized carbons (Fsp3) is 0.0556. The zero-order chi connectivity index (χ0) is 15.8. The Morgan fingerprint density at radius 3 is 2.13 bits per heavy atom. The molecule has 0 saturated heterocycles. The van der Waals surface area contributed by atoms with Crippen molar-refractivity contribution in [1.29, 1.82) is 0 Å². The van der Waals surface area contributed by atoms with Crippen LogP contribution in [-0.4, -0.2) is 26.7 Å². The summed E-state index contributed by atoms with van der Waals surface area (Å²) in [5.74, 6) is 0.318. The number of nitrogens with one attached hydrogen (secondary N) is 1. The quantitative estimate of drug-likeness (QED) is 0.757. The summed E-state index contributed by atoms with van der Waals surface area (Å²) in [7, 11) is 0. The van der Waals surface area contributed by atoms with Crippen molar-refractivity contribution >= 4 is 11.8 Å². The molecule has 0 bridgehead atoms. The maximum Gasteiger partial charge on any atom is 0.261 e. The number of carbonyl (C=O) groups is 2. The topological polar surface area (TPSA) is 66.1 Å². The highest BCUT2D eigenvalue weighted by atomic mass is 16.2. The highest BCUT2D eigenvalue weighted by Crippen LogP contribution is 2.24. The number of amides is 2. The summed E-state index contributed by atoms with van der Waals surface area (Å²) in [6.07, 6.45) is 3.46. The molecule has 1 aliphatic rings. The fourth-order valence-corrected chi connectivity index (χ4v) is 2.76. The molecular weight excluding hydrogens is 290 g/mol. The second kappa shape index (κ2) is 5.21. The Labute approximate surface area is 132 Å². The average Bonchev–Trinajstić information content (AvgIpc) is 3.20. The van der Waals surface area contributed by atoms with E-state index in [1.807, 2.05) is 24.3 Å². The van der Waals surface area contributed by atoms with Gasteiger partial charge in [0.05, 0.1) is 17.7 Å². The number of hydrogen-bond donors (Lipinski definition) is 1. The molecule has 0 saturated carbocycles. The molecular formula is C18H13N3O2. The van der Waals surface area contributed by atoms with Gasteiger partial charge in [-0.1, -0.05) is 36.4 Å². The molecule has 2 aromatic carbocycles. The molecule has 0 atom stereocenters. The molecule has 23 heavy (non-hydrogen) atoms. The highest BCUT2D eigenvalue weighted by Gasteiger charge is 2.34. The molecule has 0 aliphatic carbocycles. The molecule has 5 nitrogen and oxygen atoms in total. The van der Waals surface area contributed by atoms with Crippen molar-refractivity contribution < 1.29 is 9.59 Å². The van der Waals surface area contributed by atoms with Gasteiger partial charge in [0.15, 0.2) is 0 Å². The summed E-state index contributed by atoms with van der Waals surface area (Å²) in [6.45, 7) is 0.269. The fourth-order valence-electron chi connectivity index (χ4n) is 2.76. The lowest BCUT2D eigenvalue weighted by Gasteiger charge is -2.14. The largest absolute Gasteiger partial charge is 0.345 e. The van der Waals surface area contributed by atoms with Gasteiger partial charge >= 0.3 is 0 Å². The van der Waals surface area contributed by atoms with Crippen molar-refractivity contribution in [2.75, 3.05) is 0 Å². The van der Waals surface area contributed by atoms with Gasteiger partial charge in [0.1, 0.15) is 5.82 Å². The van der Waals surface area contributed by atoms with Crippen LogP contribution in [0, 0.1) is 0 Å². The Kier molecular flexibility index (Phi) is 3.05. The third kappa shape index (κ3) is 2.23. The monoisotopic (exact) mass is 303 g/mol. The lowest BCUT2D eigenvalue weighted by atomic mass is 10.1. The van der Waals surface area contributed by atoms with E-state index in [9.17, 15) is 9.59 Å². The smallest absolute Gasteiger partial charge is 0.261 e. The second-order valence-corrected chi connectivity index (χ2v) is 5.38. The minimum absolute atomic E-state index is 0.235. The summed E-state index contributed by atoms with van der Waals surface area (Å²) in [6, 6.07) is 14.6. The van der Waals surface area contributed by atoms with E-state index in [0.717, 1.165) is 17.0 Å². The van der Waals surface area contributed by atoms with Crippen molar-refractivity contribution in [2.45, 2.75) is 6.54 Å². The van der Waals surface area contributed by atoms with Gasteiger partial charge in [-0.15, -0.1) is 0 Å².